The molecular formula is C55H96O15. The molecule has 5 unspecified atom stereocenters. The van der Waals surface area contributed by atoms with E-state index >= 15 is 0 Å². The molecule has 0 radical (unpaired) electrons. The Morgan fingerprint density at radius 1 is 0.471 bits per heavy atom. The van der Waals surface area contributed by atoms with Gasteiger partial charge in [0.15, 0.2) is 18.7 Å². The molecule has 15 heteroatoms. The Hall–Kier alpha value is -2.54. The van der Waals surface area contributed by atoms with Crippen molar-refractivity contribution >= 4 is 11.9 Å². The lowest BCUT2D eigenvalue weighted by Crippen LogP contribution is -2.61. The van der Waals surface area contributed by atoms with Gasteiger partial charge < -0.3 is 64.2 Å². The summed E-state index contributed by atoms with van der Waals surface area (Å²) in [6, 6.07) is 0. The molecule has 70 heavy (non-hydrogen) atoms. The van der Waals surface area contributed by atoms with Crippen molar-refractivity contribution in [2.75, 3.05) is 26.4 Å². The van der Waals surface area contributed by atoms with Crippen LogP contribution < -0.4 is 0 Å². The molecule has 0 spiro atoms. The summed E-state index contributed by atoms with van der Waals surface area (Å²) in [5.41, 5.74) is 0. The molecule has 0 bridgehead atoms. The predicted molar refractivity (Wildman–Crippen MR) is 270 cm³/mol. The minimum absolute atomic E-state index is 0.0592. The molecule has 0 aromatic carbocycles. The number of esters is 2. The van der Waals surface area contributed by atoms with Crippen molar-refractivity contribution in [2.24, 2.45) is 0 Å². The molecule has 2 heterocycles. The number of rotatable bonds is 42. The number of aliphatic hydroxyl groups is 7. The molecule has 2 saturated heterocycles. The maximum absolute atomic E-state index is 13.0. The maximum atomic E-state index is 13.0. The molecule has 0 amide bonds. The summed E-state index contributed by atoms with van der Waals surface area (Å²) in [5, 5.41) is 72.1. The molecule has 15 nitrogen and oxygen atoms in total. The van der Waals surface area contributed by atoms with Gasteiger partial charge in [-0.2, -0.15) is 0 Å². The van der Waals surface area contributed by atoms with E-state index in [4.69, 9.17) is 28.4 Å². The van der Waals surface area contributed by atoms with Crippen molar-refractivity contribution in [1.82, 2.24) is 0 Å². The van der Waals surface area contributed by atoms with Crippen LogP contribution in [0.2, 0.25) is 0 Å². The Balaban J connectivity index is 1.77. The zero-order valence-corrected chi connectivity index (χ0v) is 43.0. The van der Waals surface area contributed by atoms with E-state index in [2.05, 4.69) is 50.3 Å². The van der Waals surface area contributed by atoms with Crippen molar-refractivity contribution in [3.8, 4) is 0 Å². The highest BCUT2D eigenvalue weighted by molar-refractivity contribution is 5.70. The minimum atomic E-state index is -1.77. The van der Waals surface area contributed by atoms with Gasteiger partial charge in [0.25, 0.3) is 0 Å². The van der Waals surface area contributed by atoms with E-state index in [-0.39, 0.29) is 19.4 Å². The number of aliphatic hydroxyl groups excluding tert-OH is 7. The summed E-state index contributed by atoms with van der Waals surface area (Å²) in [4.78, 5) is 25.8. The smallest absolute Gasteiger partial charge is 0.306 e. The summed E-state index contributed by atoms with van der Waals surface area (Å²) in [5.74, 6) is -1.00. The summed E-state index contributed by atoms with van der Waals surface area (Å²) in [6.45, 7) is 2.43. The van der Waals surface area contributed by atoms with Crippen LogP contribution in [-0.2, 0) is 38.0 Å². The highest BCUT2D eigenvalue weighted by atomic mass is 16.7. The summed E-state index contributed by atoms with van der Waals surface area (Å²) < 4.78 is 33.5. The Labute approximate surface area is 420 Å². The van der Waals surface area contributed by atoms with E-state index in [1.54, 1.807) is 0 Å². The van der Waals surface area contributed by atoms with Crippen LogP contribution in [0, 0.1) is 0 Å². The van der Waals surface area contributed by atoms with Crippen molar-refractivity contribution in [3.63, 3.8) is 0 Å². The third-order valence-electron chi connectivity index (χ3n) is 12.8. The molecule has 2 fully saturated rings. The van der Waals surface area contributed by atoms with Gasteiger partial charge >= 0.3 is 11.9 Å². The van der Waals surface area contributed by atoms with Crippen LogP contribution in [0.25, 0.3) is 0 Å². The van der Waals surface area contributed by atoms with Crippen LogP contribution >= 0.6 is 0 Å². The maximum Gasteiger partial charge on any atom is 0.306 e. The lowest BCUT2D eigenvalue weighted by atomic mass is 9.98. The fraction of sp³-hybridized carbons (Fsp3) is 0.818. The fourth-order valence-corrected chi connectivity index (χ4v) is 8.37. The monoisotopic (exact) mass is 997 g/mol. The standard InChI is InChI=1S/C55H96O15/c1-3-5-7-9-11-13-15-17-18-19-20-21-22-23-24-26-27-29-31-33-35-37-46(57)65-40-43(68-47(58)38-36-34-32-30-28-25-16-14-12-10-8-6-4-2)41-66-54-53(64)51(62)49(60)45(70-54)42-67-55-52(63)50(61)48(59)44(39-56)69-55/h5,7,11,13,25,28,32,34,43-45,48-56,59-64H,3-4,6,8-10,12,14-24,26-27,29-31,33,35-42H2,1-2H3/b7-5+,13-11+,28-25+,34-32+/t43?,44-,45-,48+,49+,50?,51?,52?,53?,54-,55-/m1/s1. The van der Waals surface area contributed by atoms with E-state index in [1.807, 2.05) is 12.2 Å². The lowest BCUT2D eigenvalue weighted by molar-refractivity contribution is -0.332. The van der Waals surface area contributed by atoms with Gasteiger partial charge in [-0.1, -0.05) is 172 Å². The van der Waals surface area contributed by atoms with Crippen molar-refractivity contribution in [3.05, 3.63) is 48.6 Å². The van der Waals surface area contributed by atoms with Crippen molar-refractivity contribution in [1.29, 1.82) is 0 Å². The number of allylic oxidation sites excluding steroid dienone is 8. The van der Waals surface area contributed by atoms with Gasteiger partial charge in [0.05, 0.1) is 19.8 Å². The van der Waals surface area contributed by atoms with Crippen LogP contribution in [-0.4, -0.2) is 142 Å². The van der Waals surface area contributed by atoms with Crippen LogP contribution in [0.3, 0.4) is 0 Å². The molecule has 2 rings (SSSR count). The molecule has 0 saturated carbocycles. The first-order valence-electron chi connectivity index (χ1n) is 27.2. The van der Waals surface area contributed by atoms with Crippen LogP contribution in [0.1, 0.15) is 194 Å². The SMILES string of the molecule is CC/C=C/C/C=C/CCCCCCCCCCCCCCCCC(=O)OCC(CO[C@@H]1O[C@H](CO[C@@H]2O[C@H](CO)[C@H](O)C(O)C2O)[C@H](O)C(O)C1O)OC(=O)CC/C=C/C/C=C/CCCCCCCC. The molecule has 406 valence electrons. The Morgan fingerprint density at radius 2 is 0.929 bits per heavy atom. The predicted octanol–water partition coefficient (Wildman–Crippen LogP) is 8.27. The summed E-state index contributed by atoms with van der Waals surface area (Å²) in [6.07, 6.45) is 30.2. The van der Waals surface area contributed by atoms with Crippen LogP contribution in [0.15, 0.2) is 48.6 Å². The second-order valence-corrected chi connectivity index (χ2v) is 19.0. The van der Waals surface area contributed by atoms with Crippen LogP contribution in [0.4, 0.5) is 0 Å². The number of carbonyl (C=O) groups excluding carboxylic acids is 2. The molecule has 2 aliphatic rings. The normalized spacial score (nSPS) is 25.7. The fourth-order valence-electron chi connectivity index (χ4n) is 8.37. The largest absolute Gasteiger partial charge is 0.462 e. The summed E-state index contributed by atoms with van der Waals surface area (Å²) in [7, 11) is 0. The number of hydrogen-bond acceptors (Lipinski definition) is 15. The first-order valence-corrected chi connectivity index (χ1v) is 27.2. The van der Waals surface area contributed by atoms with Gasteiger partial charge in [-0.3, -0.25) is 9.59 Å². The van der Waals surface area contributed by atoms with E-state index in [0.717, 1.165) is 44.9 Å². The lowest BCUT2D eigenvalue weighted by Gasteiger charge is -2.42. The van der Waals surface area contributed by atoms with Crippen LogP contribution in [0.5, 0.6) is 0 Å². The number of unbranched alkanes of at least 4 members (excludes halogenated alkanes) is 20. The Bertz CT molecular complexity index is 1400. The average Bonchev–Trinajstić information content (AvgIpc) is 3.35. The number of ether oxygens (including phenoxy) is 6. The summed E-state index contributed by atoms with van der Waals surface area (Å²) >= 11 is 0. The zero-order chi connectivity index (χ0) is 51.0. The number of hydrogen-bond donors (Lipinski definition) is 7. The second kappa shape index (κ2) is 41.9. The van der Waals surface area contributed by atoms with Gasteiger partial charge in [-0.15, -0.1) is 0 Å². The van der Waals surface area contributed by atoms with E-state index in [9.17, 15) is 45.3 Å². The highest BCUT2D eigenvalue weighted by Crippen LogP contribution is 2.26. The Kier molecular flexibility index (Phi) is 38.0. The first kappa shape index (κ1) is 63.6. The molecule has 0 aliphatic carbocycles. The van der Waals surface area contributed by atoms with E-state index in [1.165, 1.54) is 109 Å². The third-order valence-corrected chi connectivity index (χ3v) is 12.8. The molecule has 0 aromatic rings. The second-order valence-electron chi connectivity index (χ2n) is 19.0. The topological polar surface area (TPSA) is 231 Å². The molecular weight excluding hydrogens is 901 g/mol. The number of carbonyl (C=O) groups is 2. The zero-order valence-electron chi connectivity index (χ0n) is 43.0. The highest BCUT2D eigenvalue weighted by Gasteiger charge is 2.47. The van der Waals surface area contributed by atoms with E-state index in [0.29, 0.717) is 12.8 Å². The van der Waals surface area contributed by atoms with E-state index < -0.39 is 99.3 Å². The molecule has 7 N–H and O–H groups in total. The minimum Gasteiger partial charge on any atom is -0.462 e. The van der Waals surface area contributed by atoms with Gasteiger partial charge in [0.2, 0.25) is 0 Å². The quantitative estimate of drug-likeness (QED) is 0.0173. The van der Waals surface area contributed by atoms with Gasteiger partial charge in [-0.05, 0) is 57.8 Å². The van der Waals surface area contributed by atoms with Crippen molar-refractivity contribution < 1.29 is 73.8 Å². The van der Waals surface area contributed by atoms with Crippen molar-refractivity contribution in [2.45, 2.75) is 261 Å². The Morgan fingerprint density at radius 3 is 1.46 bits per heavy atom. The average molecular weight is 997 g/mol. The first-order chi connectivity index (χ1) is 34.0. The molecule has 2 aliphatic heterocycles. The van der Waals surface area contributed by atoms with Gasteiger partial charge in [-0.25, -0.2) is 0 Å². The molecule has 11 atom stereocenters. The molecule has 0 aromatic heterocycles. The third kappa shape index (κ3) is 29.2. The van der Waals surface area contributed by atoms with Gasteiger partial charge in [0, 0.05) is 12.8 Å². The van der Waals surface area contributed by atoms with Gasteiger partial charge in [0.1, 0.15) is 55.4 Å².